The van der Waals surface area contributed by atoms with Gasteiger partial charge in [0.2, 0.25) is 0 Å². The molecular weight excluding hydrogens is 232 g/mol. The number of aromatic hydroxyl groups is 1. The Hall–Kier alpha value is -2.49. The zero-order valence-electron chi connectivity index (χ0n) is 9.54. The molecule has 0 saturated carbocycles. The lowest BCUT2D eigenvalue weighted by Crippen LogP contribution is -1.99. The van der Waals surface area contributed by atoms with Crippen molar-refractivity contribution in [2.45, 2.75) is 6.61 Å². The molecule has 0 bridgehead atoms. The van der Waals surface area contributed by atoms with Crippen LogP contribution in [0.5, 0.6) is 11.5 Å². The Balaban J connectivity index is 2.06. The van der Waals surface area contributed by atoms with Crippen LogP contribution in [-0.4, -0.2) is 16.2 Å². The lowest BCUT2D eigenvalue weighted by Gasteiger charge is -2.07. The van der Waals surface area contributed by atoms with Gasteiger partial charge in [0.25, 0.3) is 0 Å². The Kier molecular flexibility index (Phi) is 3.48. The minimum absolute atomic E-state index is 0.176. The Morgan fingerprint density at radius 1 is 1.11 bits per heavy atom. The third-order valence-electron chi connectivity index (χ3n) is 2.40. The Morgan fingerprint density at radius 2 is 1.89 bits per heavy atom. The highest BCUT2D eigenvalue weighted by Crippen LogP contribution is 2.17. The number of hydrogen-bond acceptors (Lipinski definition) is 3. The summed E-state index contributed by atoms with van der Waals surface area (Å²) in [6.45, 7) is 0.275. The van der Waals surface area contributed by atoms with E-state index in [9.17, 15) is 9.90 Å². The van der Waals surface area contributed by atoms with Gasteiger partial charge in [-0.1, -0.05) is 18.2 Å². The van der Waals surface area contributed by atoms with Gasteiger partial charge in [-0.3, -0.25) is 0 Å². The third kappa shape index (κ3) is 3.01. The van der Waals surface area contributed by atoms with Crippen LogP contribution < -0.4 is 4.74 Å². The van der Waals surface area contributed by atoms with Crippen molar-refractivity contribution in [1.82, 2.24) is 0 Å². The van der Waals surface area contributed by atoms with Crippen molar-refractivity contribution in [3.05, 3.63) is 59.7 Å². The van der Waals surface area contributed by atoms with E-state index < -0.39 is 5.97 Å². The smallest absolute Gasteiger partial charge is 0.335 e. The van der Waals surface area contributed by atoms with Crippen LogP contribution in [0.25, 0.3) is 0 Å². The summed E-state index contributed by atoms with van der Waals surface area (Å²) in [6, 6.07) is 13.0. The fraction of sp³-hybridized carbons (Fsp3) is 0.0714. The Bertz CT molecular complexity index is 563. The molecule has 0 saturated heterocycles. The van der Waals surface area contributed by atoms with E-state index in [0.717, 1.165) is 5.56 Å². The van der Waals surface area contributed by atoms with E-state index in [1.54, 1.807) is 30.3 Å². The summed E-state index contributed by atoms with van der Waals surface area (Å²) < 4.78 is 5.46. The van der Waals surface area contributed by atoms with Gasteiger partial charge in [0.05, 0.1) is 5.56 Å². The second-order valence-electron chi connectivity index (χ2n) is 3.79. The van der Waals surface area contributed by atoms with E-state index in [-0.39, 0.29) is 17.9 Å². The number of carboxylic acids is 1. The molecule has 0 amide bonds. The summed E-state index contributed by atoms with van der Waals surface area (Å²) in [5.74, 6) is -0.327. The Labute approximate surface area is 104 Å². The molecule has 0 atom stereocenters. The molecule has 4 nitrogen and oxygen atoms in total. The highest BCUT2D eigenvalue weighted by atomic mass is 16.5. The second-order valence-corrected chi connectivity index (χ2v) is 3.79. The summed E-state index contributed by atoms with van der Waals surface area (Å²) in [5, 5.41) is 18.1. The van der Waals surface area contributed by atoms with E-state index in [0.29, 0.717) is 5.75 Å². The first-order valence-corrected chi connectivity index (χ1v) is 5.39. The molecule has 2 N–H and O–H groups in total. The van der Waals surface area contributed by atoms with Crippen molar-refractivity contribution >= 4 is 5.97 Å². The van der Waals surface area contributed by atoms with Gasteiger partial charge >= 0.3 is 5.97 Å². The topological polar surface area (TPSA) is 66.8 Å². The summed E-state index contributed by atoms with van der Waals surface area (Å²) in [5.41, 5.74) is 0.999. The zero-order valence-corrected chi connectivity index (χ0v) is 9.54. The standard InChI is InChI=1S/C14H12O4/c15-12-5-1-3-10(7-12)9-18-13-6-2-4-11(8-13)14(16)17/h1-8,15H,9H2,(H,16,17). The van der Waals surface area contributed by atoms with Gasteiger partial charge in [-0.15, -0.1) is 0 Å². The molecule has 0 aliphatic carbocycles. The average Bonchev–Trinajstić information content (AvgIpc) is 2.37. The summed E-state index contributed by atoms with van der Waals surface area (Å²) in [4.78, 5) is 10.8. The zero-order chi connectivity index (χ0) is 13.0. The summed E-state index contributed by atoms with van der Waals surface area (Å²) in [7, 11) is 0. The first-order valence-electron chi connectivity index (χ1n) is 5.39. The fourth-order valence-electron chi connectivity index (χ4n) is 1.53. The number of ether oxygens (including phenoxy) is 1. The number of rotatable bonds is 4. The number of phenols is 1. The molecule has 0 radical (unpaired) electrons. The normalized spacial score (nSPS) is 10.0. The van der Waals surface area contributed by atoms with Crippen LogP contribution in [0, 0.1) is 0 Å². The van der Waals surface area contributed by atoms with Crippen molar-refractivity contribution < 1.29 is 19.7 Å². The monoisotopic (exact) mass is 244 g/mol. The molecule has 2 aromatic rings. The maximum atomic E-state index is 10.8. The quantitative estimate of drug-likeness (QED) is 0.867. The van der Waals surface area contributed by atoms with Crippen LogP contribution in [0.15, 0.2) is 48.5 Å². The molecule has 0 heterocycles. The van der Waals surface area contributed by atoms with Crippen LogP contribution in [-0.2, 0) is 6.61 Å². The highest BCUT2D eigenvalue weighted by Gasteiger charge is 2.04. The van der Waals surface area contributed by atoms with Crippen LogP contribution in [0.4, 0.5) is 0 Å². The number of carboxylic acid groups (broad SMARTS) is 1. The number of phenolic OH excluding ortho intramolecular Hbond substituents is 1. The second kappa shape index (κ2) is 5.23. The summed E-state index contributed by atoms with van der Waals surface area (Å²) in [6.07, 6.45) is 0. The van der Waals surface area contributed by atoms with Crippen molar-refractivity contribution in [2.24, 2.45) is 0 Å². The maximum Gasteiger partial charge on any atom is 0.335 e. The Morgan fingerprint density at radius 3 is 2.61 bits per heavy atom. The van der Waals surface area contributed by atoms with Crippen LogP contribution in [0.1, 0.15) is 15.9 Å². The van der Waals surface area contributed by atoms with Crippen molar-refractivity contribution in [3.63, 3.8) is 0 Å². The van der Waals surface area contributed by atoms with Gasteiger partial charge in [0.1, 0.15) is 18.1 Å². The van der Waals surface area contributed by atoms with Crippen molar-refractivity contribution in [2.75, 3.05) is 0 Å². The van der Waals surface area contributed by atoms with E-state index in [1.807, 2.05) is 6.07 Å². The van der Waals surface area contributed by atoms with Crippen LogP contribution >= 0.6 is 0 Å². The lowest BCUT2D eigenvalue weighted by atomic mass is 10.2. The molecule has 2 aromatic carbocycles. The van der Waals surface area contributed by atoms with Gasteiger partial charge < -0.3 is 14.9 Å². The van der Waals surface area contributed by atoms with Crippen molar-refractivity contribution in [1.29, 1.82) is 0 Å². The molecule has 0 aliphatic heterocycles. The third-order valence-corrected chi connectivity index (χ3v) is 2.40. The van der Waals surface area contributed by atoms with Gasteiger partial charge in [-0.05, 0) is 35.9 Å². The average molecular weight is 244 g/mol. The lowest BCUT2D eigenvalue weighted by molar-refractivity contribution is 0.0696. The number of benzene rings is 2. The largest absolute Gasteiger partial charge is 0.508 e. The van der Waals surface area contributed by atoms with Crippen molar-refractivity contribution in [3.8, 4) is 11.5 Å². The number of hydrogen-bond donors (Lipinski definition) is 2. The SMILES string of the molecule is O=C(O)c1cccc(OCc2cccc(O)c2)c1. The minimum Gasteiger partial charge on any atom is -0.508 e. The molecular formula is C14H12O4. The van der Waals surface area contributed by atoms with Gasteiger partial charge in [-0.2, -0.15) is 0 Å². The molecule has 0 fully saturated rings. The van der Waals surface area contributed by atoms with E-state index >= 15 is 0 Å². The first-order chi connectivity index (χ1) is 8.65. The maximum absolute atomic E-state index is 10.8. The predicted molar refractivity (Wildman–Crippen MR) is 65.8 cm³/mol. The first kappa shape index (κ1) is 12.0. The molecule has 2 rings (SSSR count). The molecule has 92 valence electrons. The molecule has 0 spiro atoms. The molecule has 0 aliphatic rings. The number of carbonyl (C=O) groups is 1. The predicted octanol–water partition coefficient (Wildman–Crippen LogP) is 2.67. The minimum atomic E-state index is -0.988. The highest BCUT2D eigenvalue weighted by molar-refractivity contribution is 5.87. The molecule has 18 heavy (non-hydrogen) atoms. The number of aromatic carboxylic acids is 1. The van der Waals surface area contributed by atoms with Gasteiger partial charge in [0.15, 0.2) is 0 Å². The van der Waals surface area contributed by atoms with Crippen LogP contribution in [0.3, 0.4) is 0 Å². The van der Waals surface area contributed by atoms with E-state index in [1.165, 1.54) is 12.1 Å². The molecule has 4 heteroatoms. The summed E-state index contributed by atoms with van der Waals surface area (Å²) >= 11 is 0. The fourth-order valence-corrected chi connectivity index (χ4v) is 1.53. The van der Waals surface area contributed by atoms with Crippen LogP contribution in [0.2, 0.25) is 0 Å². The molecule has 0 unspecified atom stereocenters. The van der Waals surface area contributed by atoms with Gasteiger partial charge in [0, 0.05) is 0 Å². The van der Waals surface area contributed by atoms with Gasteiger partial charge in [-0.25, -0.2) is 4.79 Å². The molecule has 0 aromatic heterocycles. The van der Waals surface area contributed by atoms with E-state index in [4.69, 9.17) is 9.84 Å². The van der Waals surface area contributed by atoms with E-state index in [2.05, 4.69) is 0 Å².